The van der Waals surface area contributed by atoms with E-state index in [-0.39, 0.29) is 28.6 Å². The molecule has 0 aliphatic heterocycles. The molecule has 0 aliphatic rings. The van der Waals surface area contributed by atoms with E-state index in [9.17, 15) is 14.9 Å². The van der Waals surface area contributed by atoms with E-state index >= 15 is 0 Å². The minimum absolute atomic E-state index is 0.0796. The highest BCUT2D eigenvalue weighted by Gasteiger charge is 2.26. The molecular weight excluding hydrogens is 268 g/mol. The van der Waals surface area contributed by atoms with Gasteiger partial charge in [0.05, 0.1) is 16.7 Å². The van der Waals surface area contributed by atoms with E-state index < -0.39 is 10.9 Å². The minimum Gasteiger partial charge on any atom is -0.478 e. The highest BCUT2D eigenvalue weighted by molar-refractivity contribution is 5.87. The number of aromatic nitrogens is 3. The molecule has 0 atom stereocenters. The first kappa shape index (κ1) is 13.5. The van der Waals surface area contributed by atoms with Gasteiger partial charge in [0.25, 0.3) is 5.88 Å². The molecule has 9 nitrogen and oxygen atoms in total. The molecule has 1 N–H and O–H groups in total. The van der Waals surface area contributed by atoms with Crippen LogP contribution in [-0.2, 0) is 7.05 Å². The summed E-state index contributed by atoms with van der Waals surface area (Å²) in [6, 6.07) is 1.22. The average Bonchev–Trinajstić information content (AvgIpc) is 2.64. The lowest BCUT2D eigenvalue weighted by molar-refractivity contribution is -0.386. The second kappa shape index (κ2) is 4.96. The number of aryl methyl sites for hydroxylation is 2. The number of ether oxygens (including phenoxy) is 1. The molecule has 0 amide bonds. The largest absolute Gasteiger partial charge is 0.478 e. The fourth-order valence-corrected chi connectivity index (χ4v) is 1.65. The second-order valence-corrected chi connectivity index (χ2v) is 3.94. The molecule has 2 rings (SSSR count). The summed E-state index contributed by atoms with van der Waals surface area (Å²) in [6.07, 6.45) is 2.41. The van der Waals surface area contributed by atoms with Crippen molar-refractivity contribution in [2.45, 2.75) is 6.92 Å². The molecule has 0 spiro atoms. The molecule has 104 valence electrons. The van der Waals surface area contributed by atoms with E-state index in [0.29, 0.717) is 0 Å². The Morgan fingerprint density at radius 3 is 2.80 bits per heavy atom. The Morgan fingerprint density at radius 2 is 2.20 bits per heavy atom. The number of hydrogen-bond acceptors (Lipinski definition) is 6. The summed E-state index contributed by atoms with van der Waals surface area (Å²) in [5, 5.41) is 23.7. The third-order valence-electron chi connectivity index (χ3n) is 2.50. The summed E-state index contributed by atoms with van der Waals surface area (Å²) in [6.45, 7) is 1.48. The normalized spacial score (nSPS) is 10.3. The second-order valence-electron chi connectivity index (χ2n) is 3.94. The highest BCUT2D eigenvalue weighted by Crippen LogP contribution is 2.33. The van der Waals surface area contributed by atoms with Crippen LogP contribution in [0.5, 0.6) is 11.6 Å². The summed E-state index contributed by atoms with van der Waals surface area (Å²) in [4.78, 5) is 24.9. The van der Waals surface area contributed by atoms with Gasteiger partial charge in [0.1, 0.15) is 11.4 Å². The standard InChI is InChI=1S/C11H10N4O5/c1-6-9(15(18)19)10(14(2)13-6)20-8-3-7(11(16)17)4-12-5-8/h3-5H,1-2H3,(H,16,17). The van der Waals surface area contributed by atoms with E-state index in [1.165, 1.54) is 30.9 Å². The molecule has 0 aliphatic carbocycles. The van der Waals surface area contributed by atoms with Crippen LogP contribution in [-0.4, -0.2) is 30.8 Å². The minimum atomic E-state index is -1.17. The van der Waals surface area contributed by atoms with E-state index in [1.807, 2.05) is 0 Å². The lowest BCUT2D eigenvalue weighted by Crippen LogP contribution is -2.00. The van der Waals surface area contributed by atoms with Gasteiger partial charge >= 0.3 is 11.7 Å². The zero-order valence-corrected chi connectivity index (χ0v) is 10.6. The van der Waals surface area contributed by atoms with Gasteiger partial charge in [-0.3, -0.25) is 15.1 Å². The van der Waals surface area contributed by atoms with Crippen LogP contribution < -0.4 is 4.74 Å². The Hall–Kier alpha value is -2.97. The molecule has 2 heterocycles. The van der Waals surface area contributed by atoms with Crippen LogP contribution in [0.1, 0.15) is 16.1 Å². The number of hydrogen-bond donors (Lipinski definition) is 1. The van der Waals surface area contributed by atoms with Gasteiger partial charge in [-0.05, 0) is 13.0 Å². The van der Waals surface area contributed by atoms with Crippen LogP contribution in [0.3, 0.4) is 0 Å². The molecule has 2 aromatic rings. The van der Waals surface area contributed by atoms with Crippen LogP contribution in [0.4, 0.5) is 5.69 Å². The fourth-order valence-electron chi connectivity index (χ4n) is 1.65. The van der Waals surface area contributed by atoms with Gasteiger partial charge < -0.3 is 9.84 Å². The molecule has 0 aromatic carbocycles. The van der Waals surface area contributed by atoms with Crippen molar-refractivity contribution >= 4 is 11.7 Å². The molecule has 0 saturated carbocycles. The van der Waals surface area contributed by atoms with Crippen molar-refractivity contribution < 1.29 is 19.6 Å². The lowest BCUT2D eigenvalue weighted by Gasteiger charge is -2.05. The van der Waals surface area contributed by atoms with Crippen molar-refractivity contribution in [2.75, 3.05) is 0 Å². The molecular formula is C11H10N4O5. The maximum atomic E-state index is 11.0. The zero-order valence-electron chi connectivity index (χ0n) is 10.6. The van der Waals surface area contributed by atoms with E-state index in [0.717, 1.165) is 6.20 Å². The summed E-state index contributed by atoms with van der Waals surface area (Å²) in [5.74, 6) is -1.17. The molecule has 0 fully saturated rings. The van der Waals surface area contributed by atoms with Crippen LogP contribution in [0.15, 0.2) is 18.5 Å². The average molecular weight is 278 g/mol. The number of carboxylic acids is 1. The maximum absolute atomic E-state index is 11.0. The van der Waals surface area contributed by atoms with Crippen molar-refractivity contribution in [1.29, 1.82) is 0 Å². The Balaban J connectivity index is 2.42. The van der Waals surface area contributed by atoms with Gasteiger partial charge in [-0.1, -0.05) is 0 Å². The Bertz CT molecular complexity index is 694. The number of carboxylic acid groups (broad SMARTS) is 1. The Labute approximate surface area is 112 Å². The molecule has 2 aromatic heterocycles. The first-order chi connectivity index (χ1) is 9.40. The van der Waals surface area contributed by atoms with Gasteiger partial charge in [-0.25, -0.2) is 9.48 Å². The molecule has 0 saturated heterocycles. The van der Waals surface area contributed by atoms with Crippen molar-refractivity contribution in [2.24, 2.45) is 7.05 Å². The first-order valence-corrected chi connectivity index (χ1v) is 5.44. The number of pyridine rings is 1. The predicted molar refractivity (Wildman–Crippen MR) is 65.9 cm³/mol. The van der Waals surface area contributed by atoms with E-state index in [1.54, 1.807) is 0 Å². The first-order valence-electron chi connectivity index (χ1n) is 5.44. The number of nitro groups is 1. The van der Waals surface area contributed by atoms with Gasteiger partial charge in [0.2, 0.25) is 0 Å². The number of aromatic carboxylic acids is 1. The molecule has 9 heteroatoms. The maximum Gasteiger partial charge on any atom is 0.353 e. The predicted octanol–water partition coefficient (Wildman–Crippen LogP) is 1.52. The van der Waals surface area contributed by atoms with Gasteiger partial charge in [-0.15, -0.1) is 0 Å². The van der Waals surface area contributed by atoms with Crippen molar-refractivity contribution in [1.82, 2.24) is 14.8 Å². The van der Waals surface area contributed by atoms with Crippen LogP contribution in [0.25, 0.3) is 0 Å². The number of rotatable bonds is 4. The summed E-state index contributed by atoms with van der Waals surface area (Å²) < 4.78 is 6.56. The molecule has 20 heavy (non-hydrogen) atoms. The Morgan fingerprint density at radius 1 is 1.50 bits per heavy atom. The van der Waals surface area contributed by atoms with Crippen molar-refractivity contribution in [3.63, 3.8) is 0 Å². The monoisotopic (exact) mass is 278 g/mol. The highest BCUT2D eigenvalue weighted by atomic mass is 16.6. The molecule has 0 unspecified atom stereocenters. The summed E-state index contributed by atoms with van der Waals surface area (Å²) in [7, 11) is 1.49. The fraction of sp³-hybridized carbons (Fsp3) is 0.182. The van der Waals surface area contributed by atoms with Crippen molar-refractivity contribution in [3.8, 4) is 11.6 Å². The molecule has 0 radical (unpaired) electrons. The van der Waals surface area contributed by atoms with Crippen molar-refractivity contribution in [3.05, 3.63) is 39.8 Å². The third-order valence-corrected chi connectivity index (χ3v) is 2.50. The Kier molecular flexibility index (Phi) is 3.34. The zero-order chi connectivity index (χ0) is 14.9. The summed E-state index contributed by atoms with van der Waals surface area (Å²) >= 11 is 0. The quantitative estimate of drug-likeness (QED) is 0.664. The number of carbonyl (C=O) groups is 1. The third kappa shape index (κ3) is 2.41. The van der Waals surface area contributed by atoms with Crippen LogP contribution in [0, 0.1) is 17.0 Å². The number of nitrogens with zero attached hydrogens (tertiary/aromatic N) is 4. The van der Waals surface area contributed by atoms with E-state index in [2.05, 4.69) is 10.1 Å². The summed E-state index contributed by atoms with van der Waals surface area (Å²) in [5.41, 5.74) is -0.146. The topological polar surface area (TPSA) is 120 Å². The van der Waals surface area contributed by atoms with Gasteiger partial charge in [-0.2, -0.15) is 5.10 Å². The lowest BCUT2D eigenvalue weighted by atomic mass is 10.3. The SMILES string of the molecule is Cc1nn(C)c(Oc2cncc(C(=O)O)c2)c1[N+](=O)[O-]. The van der Waals surface area contributed by atoms with E-state index in [4.69, 9.17) is 9.84 Å². The van der Waals surface area contributed by atoms with Gasteiger partial charge in [0, 0.05) is 13.2 Å². The van der Waals surface area contributed by atoms with Gasteiger partial charge in [0.15, 0.2) is 0 Å². The van der Waals surface area contributed by atoms with Crippen LogP contribution >= 0.6 is 0 Å². The molecule has 0 bridgehead atoms. The smallest absolute Gasteiger partial charge is 0.353 e. The van der Waals surface area contributed by atoms with Crippen LogP contribution in [0.2, 0.25) is 0 Å².